The van der Waals surface area contributed by atoms with Crippen LogP contribution >= 0.6 is 11.8 Å². The number of Topliss-reactive ketones (excluding diaryl/α,β-unsaturated/α-hetero) is 1. The molecule has 4 heteroatoms. The van der Waals surface area contributed by atoms with Gasteiger partial charge in [-0.05, 0) is 38.5 Å². The number of ketones is 1. The molecule has 0 saturated carbocycles. The molecule has 1 aromatic carbocycles. The Hall–Kier alpha value is -1.42. The third-order valence-electron chi connectivity index (χ3n) is 2.62. The SMILES string of the molecule is CCCCN/C(C)=C(/Sc1cccc(O)c1)C(C)=O. The minimum atomic E-state index is 0.0369. The first-order chi connectivity index (χ1) is 9.04. The van der Waals surface area contributed by atoms with Crippen LogP contribution in [0.15, 0.2) is 39.8 Å². The van der Waals surface area contributed by atoms with E-state index >= 15 is 0 Å². The summed E-state index contributed by atoms with van der Waals surface area (Å²) in [5.41, 5.74) is 0.897. The average molecular weight is 279 g/mol. The van der Waals surface area contributed by atoms with E-state index in [2.05, 4.69) is 12.2 Å². The van der Waals surface area contributed by atoms with E-state index in [4.69, 9.17) is 0 Å². The van der Waals surface area contributed by atoms with E-state index in [1.54, 1.807) is 25.1 Å². The average Bonchev–Trinajstić information content (AvgIpc) is 2.36. The van der Waals surface area contributed by atoms with Crippen LogP contribution < -0.4 is 5.32 Å². The van der Waals surface area contributed by atoms with Crippen molar-refractivity contribution >= 4 is 17.5 Å². The topological polar surface area (TPSA) is 49.3 Å². The molecule has 0 aliphatic heterocycles. The van der Waals surface area contributed by atoms with Crippen LogP contribution in [0, 0.1) is 0 Å². The van der Waals surface area contributed by atoms with Crippen LogP contribution in [-0.4, -0.2) is 17.4 Å². The van der Waals surface area contributed by atoms with Crippen LogP contribution in [0.5, 0.6) is 5.75 Å². The Kier molecular flexibility index (Phi) is 6.50. The number of carbonyl (C=O) groups excluding carboxylic acids is 1. The van der Waals surface area contributed by atoms with Crippen molar-refractivity contribution < 1.29 is 9.90 Å². The van der Waals surface area contributed by atoms with Crippen molar-refractivity contribution in [1.29, 1.82) is 0 Å². The minimum Gasteiger partial charge on any atom is -0.508 e. The van der Waals surface area contributed by atoms with E-state index in [1.165, 1.54) is 11.8 Å². The monoisotopic (exact) mass is 279 g/mol. The summed E-state index contributed by atoms with van der Waals surface area (Å²) in [5, 5.41) is 12.7. The van der Waals surface area contributed by atoms with Gasteiger partial charge in [0.2, 0.25) is 0 Å². The van der Waals surface area contributed by atoms with Gasteiger partial charge >= 0.3 is 0 Å². The minimum absolute atomic E-state index is 0.0369. The molecule has 0 aliphatic carbocycles. The van der Waals surface area contributed by atoms with Crippen LogP contribution in [0.1, 0.15) is 33.6 Å². The van der Waals surface area contributed by atoms with Crippen LogP contribution in [0.2, 0.25) is 0 Å². The van der Waals surface area contributed by atoms with Gasteiger partial charge in [0, 0.05) is 17.1 Å². The molecule has 1 rings (SSSR count). The molecular formula is C15H21NO2S. The molecule has 3 nitrogen and oxygen atoms in total. The molecule has 0 heterocycles. The number of thioether (sulfide) groups is 1. The summed E-state index contributed by atoms with van der Waals surface area (Å²) in [6.45, 7) is 6.49. The molecule has 0 amide bonds. The lowest BCUT2D eigenvalue weighted by atomic mass is 10.3. The van der Waals surface area contributed by atoms with Gasteiger partial charge in [-0.3, -0.25) is 4.79 Å². The van der Waals surface area contributed by atoms with Crippen LogP contribution in [0.25, 0.3) is 0 Å². The smallest absolute Gasteiger partial charge is 0.168 e. The molecule has 0 radical (unpaired) electrons. The lowest BCUT2D eigenvalue weighted by molar-refractivity contribution is -0.113. The number of rotatable bonds is 7. The maximum Gasteiger partial charge on any atom is 0.168 e. The lowest BCUT2D eigenvalue weighted by Gasteiger charge is -2.11. The van der Waals surface area contributed by atoms with E-state index in [0.29, 0.717) is 4.91 Å². The summed E-state index contributed by atoms with van der Waals surface area (Å²) in [5.74, 6) is 0.249. The van der Waals surface area contributed by atoms with Crippen molar-refractivity contribution in [2.75, 3.05) is 6.54 Å². The Morgan fingerprint density at radius 1 is 1.37 bits per heavy atom. The molecule has 0 spiro atoms. The van der Waals surface area contributed by atoms with Crippen molar-refractivity contribution in [3.8, 4) is 5.75 Å². The molecule has 0 fully saturated rings. The van der Waals surface area contributed by atoms with Gasteiger partial charge < -0.3 is 10.4 Å². The Bertz CT molecular complexity index is 469. The fourth-order valence-electron chi connectivity index (χ4n) is 1.61. The molecular weight excluding hydrogens is 258 g/mol. The van der Waals surface area contributed by atoms with Crippen LogP contribution in [0.4, 0.5) is 0 Å². The number of hydrogen-bond donors (Lipinski definition) is 2. The van der Waals surface area contributed by atoms with Gasteiger partial charge in [0.1, 0.15) is 5.75 Å². The summed E-state index contributed by atoms with van der Waals surface area (Å²) in [4.78, 5) is 13.3. The third kappa shape index (κ3) is 5.39. The van der Waals surface area contributed by atoms with Crippen molar-refractivity contribution in [1.82, 2.24) is 5.32 Å². The van der Waals surface area contributed by atoms with E-state index in [-0.39, 0.29) is 11.5 Å². The van der Waals surface area contributed by atoms with Gasteiger partial charge in [-0.1, -0.05) is 31.2 Å². The summed E-state index contributed by atoms with van der Waals surface area (Å²) >= 11 is 1.38. The van der Waals surface area contributed by atoms with E-state index in [0.717, 1.165) is 30.0 Å². The normalized spacial score (nSPS) is 11.9. The molecule has 0 saturated heterocycles. The molecule has 0 aromatic heterocycles. The summed E-state index contributed by atoms with van der Waals surface area (Å²) in [6, 6.07) is 6.93. The number of aromatic hydroxyl groups is 1. The fraction of sp³-hybridized carbons (Fsp3) is 0.400. The zero-order valence-corrected chi connectivity index (χ0v) is 12.5. The van der Waals surface area contributed by atoms with Gasteiger partial charge in [-0.15, -0.1) is 0 Å². The Morgan fingerprint density at radius 3 is 2.68 bits per heavy atom. The van der Waals surface area contributed by atoms with Crippen molar-refractivity contribution in [2.45, 2.75) is 38.5 Å². The van der Waals surface area contributed by atoms with Crippen molar-refractivity contribution in [3.63, 3.8) is 0 Å². The van der Waals surface area contributed by atoms with E-state index in [1.807, 2.05) is 13.0 Å². The number of phenols is 1. The molecule has 1 aromatic rings. The predicted octanol–water partition coefficient (Wildman–Crippen LogP) is 3.69. The Morgan fingerprint density at radius 2 is 2.11 bits per heavy atom. The largest absolute Gasteiger partial charge is 0.508 e. The lowest BCUT2D eigenvalue weighted by Crippen LogP contribution is -2.15. The van der Waals surface area contributed by atoms with E-state index < -0.39 is 0 Å². The second-order valence-corrected chi connectivity index (χ2v) is 5.47. The van der Waals surface area contributed by atoms with Crippen LogP contribution in [-0.2, 0) is 4.79 Å². The highest BCUT2D eigenvalue weighted by molar-refractivity contribution is 8.04. The number of hydrogen-bond acceptors (Lipinski definition) is 4. The zero-order chi connectivity index (χ0) is 14.3. The molecule has 104 valence electrons. The van der Waals surface area contributed by atoms with Gasteiger partial charge in [0.05, 0.1) is 4.91 Å². The molecule has 0 unspecified atom stereocenters. The molecule has 19 heavy (non-hydrogen) atoms. The second kappa shape index (κ2) is 7.89. The van der Waals surface area contributed by atoms with Crippen LogP contribution in [0.3, 0.4) is 0 Å². The summed E-state index contributed by atoms with van der Waals surface area (Å²) < 4.78 is 0. The highest BCUT2D eigenvalue weighted by atomic mass is 32.2. The fourth-order valence-corrected chi connectivity index (χ4v) is 2.54. The van der Waals surface area contributed by atoms with Gasteiger partial charge in [0.15, 0.2) is 5.78 Å². The molecule has 0 atom stereocenters. The number of allylic oxidation sites excluding steroid dienone is 2. The highest BCUT2D eigenvalue weighted by Gasteiger charge is 2.10. The van der Waals surface area contributed by atoms with Crippen molar-refractivity contribution in [2.24, 2.45) is 0 Å². The molecule has 0 aliphatic rings. The first kappa shape index (κ1) is 15.6. The second-order valence-electron chi connectivity index (χ2n) is 4.39. The van der Waals surface area contributed by atoms with Gasteiger partial charge in [-0.25, -0.2) is 0 Å². The third-order valence-corrected chi connectivity index (χ3v) is 3.91. The number of unbranched alkanes of at least 4 members (excludes halogenated alkanes) is 1. The molecule has 0 bridgehead atoms. The first-order valence-corrected chi connectivity index (χ1v) is 7.28. The zero-order valence-electron chi connectivity index (χ0n) is 11.7. The summed E-state index contributed by atoms with van der Waals surface area (Å²) in [6.07, 6.45) is 2.20. The number of nitrogens with one attached hydrogen (secondary N) is 1. The van der Waals surface area contributed by atoms with Gasteiger partial charge in [-0.2, -0.15) is 0 Å². The number of phenolic OH excluding ortho intramolecular Hbond substituents is 1. The van der Waals surface area contributed by atoms with Crippen molar-refractivity contribution in [3.05, 3.63) is 34.9 Å². The highest BCUT2D eigenvalue weighted by Crippen LogP contribution is 2.30. The maximum absolute atomic E-state index is 11.7. The maximum atomic E-state index is 11.7. The Labute approximate surface area is 119 Å². The molecule has 2 N–H and O–H groups in total. The van der Waals surface area contributed by atoms with E-state index in [9.17, 15) is 9.90 Å². The quantitative estimate of drug-likeness (QED) is 0.454. The number of benzene rings is 1. The number of carbonyl (C=O) groups is 1. The predicted molar refractivity (Wildman–Crippen MR) is 80.3 cm³/mol. The summed E-state index contributed by atoms with van der Waals surface area (Å²) in [7, 11) is 0. The standard InChI is InChI=1S/C15H21NO2S/c1-4-5-9-16-11(2)15(12(3)17)19-14-8-6-7-13(18)10-14/h6-8,10,16,18H,4-5,9H2,1-3H3/b15-11+. The van der Waals surface area contributed by atoms with Gasteiger partial charge in [0.25, 0.3) is 0 Å². The Balaban J connectivity index is 2.82. The first-order valence-electron chi connectivity index (χ1n) is 6.47.